The zero-order valence-electron chi connectivity index (χ0n) is 25.4. The van der Waals surface area contributed by atoms with Gasteiger partial charge in [-0.2, -0.15) is 0 Å². The van der Waals surface area contributed by atoms with Crippen LogP contribution in [0, 0.1) is 17.8 Å². The van der Waals surface area contributed by atoms with E-state index in [2.05, 4.69) is 47.5 Å². The van der Waals surface area contributed by atoms with Crippen LogP contribution < -0.4 is 0 Å². The number of terminal acetylenes is 1. The summed E-state index contributed by atoms with van der Waals surface area (Å²) in [5.41, 5.74) is 0.718. The van der Waals surface area contributed by atoms with Gasteiger partial charge in [0.05, 0.1) is 13.2 Å². The molecule has 0 saturated heterocycles. The number of hydrogen-bond donors (Lipinski definition) is 0. The maximum Gasteiger partial charge on any atom is 0.325 e. The van der Waals surface area contributed by atoms with Gasteiger partial charge in [-0.15, -0.1) is 12.3 Å². The smallest absolute Gasteiger partial charge is 0.325 e. The molecule has 0 aliphatic rings. The molecule has 0 heterocycles. The van der Waals surface area contributed by atoms with E-state index in [1.807, 2.05) is 66.7 Å². The fraction of sp³-hybridized carbons (Fsp3) is 0.471. The molecule has 0 fully saturated rings. The second kappa shape index (κ2) is 14.9. The lowest BCUT2D eigenvalue weighted by molar-refractivity contribution is -0.172. The highest BCUT2D eigenvalue weighted by Crippen LogP contribution is 2.48. The number of esters is 2. The largest absolute Gasteiger partial charge is 0.542 e. The van der Waals surface area contributed by atoms with Crippen LogP contribution in [0.3, 0.4) is 0 Å². The van der Waals surface area contributed by atoms with E-state index < -0.39 is 31.6 Å². The van der Waals surface area contributed by atoms with Crippen LogP contribution >= 0.6 is 0 Å². The Morgan fingerprint density at radius 3 is 1.68 bits per heavy atom. The second-order valence-electron chi connectivity index (χ2n) is 11.0. The van der Waals surface area contributed by atoms with Crippen molar-refractivity contribution < 1.29 is 23.5 Å². The van der Waals surface area contributed by atoms with Crippen LogP contribution in [0.2, 0.25) is 16.6 Å². The van der Waals surface area contributed by atoms with Crippen LogP contribution in [0.4, 0.5) is 0 Å². The van der Waals surface area contributed by atoms with E-state index in [0.717, 1.165) is 11.1 Å². The topological polar surface area (TPSA) is 61.8 Å². The molecule has 0 amide bonds. The van der Waals surface area contributed by atoms with Crippen LogP contribution in [0.15, 0.2) is 66.7 Å². The molecule has 216 valence electrons. The molecule has 0 aliphatic heterocycles. The lowest BCUT2D eigenvalue weighted by atomic mass is 9.69. The van der Waals surface area contributed by atoms with Crippen molar-refractivity contribution in [3.63, 3.8) is 0 Å². The molecule has 0 N–H and O–H groups in total. The molecule has 1 unspecified atom stereocenters. The number of ether oxygens (including phenoxy) is 2. The molecule has 0 saturated carbocycles. The number of hydrogen-bond acceptors (Lipinski definition) is 5. The zero-order valence-corrected chi connectivity index (χ0v) is 26.4. The average Bonchev–Trinajstić information content (AvgIpc) is 2.92. The standard InChI is InChI=1S/C34H46O5Si/c1-10-23-34(32(35)37-11-2,33(36)38-12-3)30(28-19-15-13-16-20-28)24-31(29-21-17-14-18-22-29)39-40(25(4)5,26(6)7)27(8)9/h1,13-22,24-27,30H,11-12,23H2,2-9H3/b31-24-. The molecule has 0 aromatic heterocycles. The third-order valence-corrected chi connectivity index (χ3v) is 13.7. The third kappa shape index (κ3) is 6.88. The van der Waals surface area contributed by atoms with Crippen LogP contribution in [-0.2, 0) is 23.5 Å². The Morgan fingerprint density at radius 2 is 1.27 bits per heavy atom. The number of benzene rings is 2. The SMILES string of the molecule is C#CCC(C(=O)OCC)(C(=O)OCC)C(/C=C(\O[Si](C(C)C)(C(C)C)C(C)C)c1ccccc1)c1ccccc1. The van der Waals surface area contributed by atoms with Crippen molar-refractivity contribution in [3.8, 4) is 12.3 Å². The number of rotatable bonds is 14. The van der Waals surface area contributed by atoms with Crippen molar-refractivity contribution in [1.82, 2.24) is 0 Å². The summed E-state index contributed by atoms with van der Waals surface area (Å²) in [6.07, 6.45) is 7.57. The first-order valence-corrected chi connectivity index (χ1v) is 16.5. The van der Waals surface area contributed by atoms with Gasteiger partial charge < -0.3 is 13.9 Å². The van der Waals surface area contributed by atoms with Crippen molar-refractivity contribution >= 4 is 26.0 Å². The van der Waals surface area contributed by atoms with Crippen LogP contribution in [0.5, 0.6) is 0 Å². The lowest BCUT2D eigenvalue weighted by Gasteiger charge is -2.43. The summed E-state index contributed by atoms with van der Waals surface area (Å²) in [6.45, 7) is 17.0. The highest BCUT2D eigenvalue weighted by molar-refractivity contribution is 6.78. The van der Waals surface area contributed by atoms with Crippen molar-refractivity contribution in [1.29, 1.82) is 0 Å². The van der Waals surface area contributed by atoms with Crippen LogP contribution in [-0.4, -0.2) is 33.5 Å². The van der Waals surface area contributed by atoms with E-state index in [1.165, 1.54) is 0 Å². The fourth-order valence-corrected chi connectivity index (χ4v) is 11.2. The Bertz CT molecular complexity index is 1120. The van der Waals surface area contributed by atoms with Gasteiger partial charge in [-0.1, -0.05) is 102 Å². The zero-order chi connectivity index (χ0) is 29.9. The second-order valence-corrected chi connectivity index (χ2v) is 16.4. The summed E-state index contributed by atoms with van der Waals surface area (Å²) in [5.74, 6) is 1.00. The number of carbonyl (C=O) groups excluding carboxylic acids is 2. The van der Waals surface area contributed by atoms with Gasteiger partial charge in [-0.05, 0) is 42.1 Å². The molecule has 2 aromatic carbocycles. The maximum absolute atomic E-state index is 13.8. The van der Waals surface area contributed by atoms with E-state index in [9.17, 15) is 9.59 Å². The van der Waals surface area contributed by atoms with Gasteiger partial charge in [0.15, 0.2) is 5.41 Å². The van der Waals surface area contributed by atoms with E-state index in [-0.39, 0.29) is 19.6 Å². The molecule has 1 atom stereocenters. The first-order chi connectivity index (χ1) is 19.0. The van der Waals surface area contributed by atoms with Crippen molar-refractivity contribution in [2.45, 2.75) is 84.4 Å². The van der Waals surface area contributed by atoms with Gasteiger partial charge >= 0.3 is 11.9 Å². The van der Waals surface area contributed by atoms with Gasteiger partial charge in [0.1, 0.15) is 5.76 Å². The highest BCUT2D eigenvalue weighted by Gasteiger charge is 2.55. The van der Waals surface area contributed by atoms with Gasteiger partial charge in [0.2, 0.25) is 0 Å². The summed E-state index contributed by atoms with van der Waals surface area (Å²) in [4.78, 5) is 27.7. The minimum Gasteiger partial charge on any atom is -0.542 e. The predicted molar refractivity (Wildman–Crippen MR) is 165 cm³/mol. The van der Waals surface area contributed by atoms with Crippen molar-refractivity contribution in [2.75, 3.05) is 13.2 Å². The quantitative estimate of drug-likeness (QED) is 0.0764. The van der Waals surface area contributed by atoms with Gasteiger partial charge in [0, 0.05) is 17.9 Å². The average molecular weight is 563 g/mol. The Balaban J connectivity index is 3.03. The van der Waals surface area contributed by atoms with Crippen molar-refractivity contribution in [2.24, 2.45) is 5.41 Å². The van der Waals surface area contributed by atoms with Crippen molar-refractivity contribution in [3.05, 3.63) is 77.9 Å². The molecular weight excluding hydrogens is 516 g/mol. The first kappa shape index (κ1) is 32.9. The molecule has 0 radical (unpaired) electrons. The molecular formula is C34H46O5Si. The molecule has 0 aliphatic carbocycles. The molecule has 0 spiro atoms. The third-order valence-electron chi connectivity index (χ3n) is 7.72. The molecule has 40 heavy (non-hydrogen) atoms. The number of carbonyl (C=O) groups is 2. The first-order valence-electron chi connectivity index (χ1n) is 14.3. The van der Waals surface area contributed by atoms with E-state index in [4.69, 9.17) is 20.3 Å². The molecule has 6 heteroatoms. The van der Waals surface area contributed by atoms with Crippen LogP contribution in [0.1, 0.15) is 78.9 Å². The number of allylic oxidation sites excluding steroid dienone is 1. The molecule has 0 bridgehead atoms. The van der Waals surface area contributed by atoms with E-state index >= 15 is 0 Å². The summed E-state index contributed by atoms with van der Waals surface area (Å²) in [7, 11) is -2.44. The molecule has 5 nitrogen and oxygen atoms in total. The minimum atomic E-state index is -2.44. The Kier molecular flexibility index (Phi) is 12.3. The van der Waals surface area contributed by atoms with Crippen LogP contribution in [0.25, 0.3) is 5.76 Å². The Morgan fingerprint density at radius 1 is 0.825 bits per heavy atom. The molecule has 2 aromatic rings. The van der Waals surface area contributed by atoms with Gasteiger partial charge in [-0.3, -0.25) is 9.59 Å². The predicted octanol–water partition coefficient (Wildman–Crippen LogP) is 8.14. The monoisotopic (exact) mass is 562 g/mol. The summed E-state index contributed by atoms with van der Waals surface area (Å²) in [6, 6.07) is 19.3. The Labute approximate surface area is 242 Å². The van der Waals surface area contributed by atoms with Gasteiger partial charge in [-0.25, -0.2) is 0 Å². The Hall–Kier alpha value is -3.30. The summed E-state index contributed by atoms with van der Waals surface area (Å²) >= 11 is 0. The van der Waals surface area contributed by atoms with E-state index in [0.29, 0.717) is 22.4 Å². The van der Waals surface area contributed by atoms with Gasteiger partial charge in [0.25, 0.3) is 8.32 Å². The molecule has 2 rings (SSSR count). The lowest BCUT2D eigenvalue weighted by Crippen LogP contribution is -2.48. The summed E-state index contributed by atoms with van der Waals surface area (Å²) in [5, 5.41) is 0. The highest BCUT2D eigenvalue weighted by atomic mass is 28.4. The minimum absolute atomic E-state index is 0.0991. The normalized spacial score (nSPS) is 13.2. The summed E-state index contributed by atoms with van der Waals surface area (Å²) < 4.78 is 18.3. The van der Waals surface area contributed by atoms with E-state index in [1.54, 1.807) is 13.8 Å². The maximum atomic E-state index is 13.8. The fourth-order valence-electron chi connectivity index (χ4n) is 5.94.